The maximum atomic E-state index is 2.76. The van der Waals surface area contributed by atoms with Crippen LogP contribution < -0.4 is 9.80 Å². The highest BCUT2D eigenvalue weighted by Gasteiger charge is 2.62. The smallest absolute Gasteiger partial charge is 0.0543 e. The Balaban J connectivity index is 0.998. The van der Waals surface area contributed by atoms with E-state index in [2.05, 4.69) is 261 Å². The molecule has 78 heavy (non-hydrogen) atoms. The predicted octanol–water partition coefficient (Wildman–Crippen LogP) is 20.7. The normalized spacial score (nSPS) is 22.2. The lowest BCUT2D eigenvalue weighted by molar-refractivity contribution is -0.0398. The van der Waals surface area contributed by atoms with Crippen LogP contribution in [0, 0.1) is 23.7 Å². The number of hydrogen-bond donors (Lipinski definition) is 0. The molecule has 0 radical (unpaired) electrons. The minimum atomic E-state index is -0.130. The molecule has 0 unspecified atom stereocenters. The Hall–Kier alpha value is -7.16. The van der Waals surface area contributed by atoms with E-state index >= 15 is 0 Å². The van der Waals surface area contributed by atoms with Crippen molar-refractivity contribution < 1.29 is 0 Å². The van der Waals surface area contributed by atoms with E-state index in [0.29, 0.717) is 11.8 Å². The summed E-state index contributed by atoms with van der Waals surface area (Å²) in [6.07, 6.45) is 6.65. The molecule has 9 aromatic rings. The van der Waals surface area contributed by atoms with Crippen LogP contribution in [0.25, 0.3) is 44.2 Å². The van der Waals surface area contributed by atoms with E-state index in [1.807, 2.05) is 0 Å². The third-order valence-electron chi connectivity index (χ3n) is 20.7. The number of anilines is 6. The molecule has 7 aliphatic carbocycles. The first-order valence-electron chi connectivity index (χ1n) is 29.4. The van der Waals surface area contributed by atoms with Crippen molar-refractivity contribution in [1.82, 2.24) is 0 Å². The molecule has 0 saturated heterocycles. The highest BCUT2D eigenvalue weighted by atomic mass is 15.2. The minimum Gasteiger partial charge on any atom is -0.310 e. The molecular weight excluding hydrogens is 941 g/mol. The van der Waals surface area contributed by atoms with Crippen LogP contribution in [0.15, 0.2) is 182 Å². The van der Waals surface area contributed by atoms with E-state index in [-0.39, 0.29) is 27.1 Å². The fourth-order valence-corrected chi connectivity index (χ4v) is 17.2. The summed E-state index contributed by atoms with van der Waals surface area (Å²) in [6.45, 7) is 23.6. The Kier molecular flexibility index (Phi) is 10.1. The highest BCUT2D eigenvalue weighted by molar-refractivity contribution is 6.11. The van der Waals surface area contributed by atoms with Gasteiger partial charge in [-0.2, -0.15) is 0 Å². The topological polar surface area (TPSA) is 6.48 Å². The van der Waals surface area contributed by atoms with E-state index in [9.17, 15) is 0 Å². The van der Waals surface area contributed by atoms with Crippen LogP contribution in [0.3, 0.4) is 0 Å². The molecule has 0 N–H and O–H groups in total. The molecule has 4 saturated carbocycles. The second kappa shape index (κ2) is 16.5. The van der Waals surface area contributed by atoms with E-state index in [1.165, 1.54) is 144 Å². The average molecular weight is 1020 g/mol. The first kappa shape index (κ1) is 48.0. The van der Waals surface area contributed by atoms with Crippen molar-refractivity contribution >= 4 is 44.9 Å². The number of benzene rings is 9. The zero-order valence-electron chi connectivity index (χ0n) is 47.6. The molecule has 0 heterocycles. The van der Waals surface area contributed by atoms with E-state index in [4.69, 9.17) is 0 Å². The van der Waals surface area contributed by atoms with Crippen molar-refractivity contribution in [3.63, 3.8) is 0 Å². The monoisotopic (exact) mass is 1010 g/mol. The lowest BCUT2D eigenvalue weighted by Crippen LogP contribution is -2.55. The summed E-state index contributed by atoms with van der Waals surface area (Å²) in [5.41, 5.74) is 26.9. The van der Waals surface area contributed by atoms with Crippen LogP contribution >= 0.6 is 0 Å². The summed E-state index contributed by atoms with van der Waals surface area (Å²) < 4.78 is 0. The number of nitrogens with zero attached hydrogens (tertiary/aromatic N) is 2. The van der Waals surface area contributed by atoms with Gasteiger partial charge in [-0.25, -0.2) is 0 Å². The summed E-state index contributed by atoms with van der Waals surface area (Å²) in [6, 6.07) is 71.8. The second-order valence-electron chi connectivity index (χ2n) is 27.8. The largest absolute Gasteiger partial charge is 0.310 e. The Morgan fingerprint density at radius 2 is 0.782 bits per heavy atom. The average Bonchev–Trinajstić information content (AvgIpc) is 4.18. The number of rotatable bonds is 6. The first-order valence-corrected chi connectivity index (χ1v) is 29.4. The van der Waals surface area contributed by atoms with Gasteiger partial charge < -0.3 is 9.80 Å². The zero-order valence-corrected chi connectivity index (χ0v) is 47.6. The van der Waals surface area contributed by atoms with Crippen LogP contribution in [-0.4, -0.2) is 0 Å². The van der Waals surface area contributed by atoms with Gasteiger partial charge in [-0.05, 0) is 193 Å². The third kappa shape index (κ3) is 6.62. The molecule has 7 aliphatic rings. The van der Waals surface area contributed by atoms with Crippen molar-refractivity contribution in [3.05, 3.63) is 226 Å². The quantitative estimate of drug-likeness (QED) is 0.164. The van der Waals surface area contributed by atoms with Gasteiger partial charge in [0.1, 0.15) is 0 Å². The van der Waals surface area contributed by atoms with Gasteiger partial charge >= 0.3 is 0 Å². The Bertz CT molecular complexity index is 3920. The van der Waals surface area contributed by atoms with Crippen LogP contribution in [0.5, 0.6) is 0 Å². The maximum Gasteiger partial charge on any atom is 0.0543 e. The maximum absolute atomic E-state index is 2.76. The van der Waals surface area contributed by atoms with Crippen LogP contribution in [0.4, 0.5) is 34.1 Å². The summed E-state index contributed by atoms with van der Waals surface area (Å²) in [4.78, 5) is 5.32. The minimum absolute atomic E-state index is 0.0319. The SMILES string of the molecule is CC(C)(C)c1ccc(N(c2ccc3c(c2)C2(c4cc(N(c5ccc(C(C)(C)C)cc5)c5cccc6c5-c5ccccc5C6(C)C)c5ccccc5c4-3)C3CC4CC(C3)CC2C4)c2cccc3c2-c2ccccc2C3(C)C)cc1. The summed E-state index contributed by atoms with van der Waals surface area (Å²) in [5, 5.41) is 2.67. The molecule has 2 heteroatoms. The van der Waals surface area contributed by atoms with Gasteiger partial charge in [0.15, 0.2) is 0 Å². The molecule has 0 atom stereocenters. The Labute approximate surface area is 464 Å². The zero-order chi connectivity index (χ0) is 53.4. The number of fused-ring (bicyclic) bond motifs is 11. The predicted molar refractivity (Wildman–Crippen MR) is 329 cm³/mol. The molecule has 4 fully saturated rings. The third-order valence-corrected chi connectivity index (χ3v) is 20.7. The molecule has 9 aromatic carbocycles. The summed E-state index contributed by atoms with van der Waals surface area (Å²) >= 11 is 0. The van der Waals surface area contributed by atoms with Crippen LogP contribution in [-0.2, 0) is 27.1 Å². The Morgan fingerprint density at radius 1 is 0.346 bits per heavy atom. The molecule has 1 spiro atoms. The second-order valence-corrected chi connectivity index (χ2v) is 27.8. The van der Waals surface area contributed by atoms with Crippen LogP contribution in [0.2, 0.25) is 0 Å². The van der Waals surface area contributed by atoms with Crippen molar-refractivity contribution in [2.75, 3.05) is 9.80 Å². The number of hydrogen-bond acceptors (Lipinski definition) is 2. The van der Waals surface area contributed by atoms with Crippen LogP contribution in [0.1, 0.15) is 146 Å². The first-order chi connectivity index (χ1) is 37.4. The van der Waals surface area contributed by atoms with E-state index in [0.717, 1.165) is 11.8 Å². The standard InChI is InChI=1S/C76H74N2/c1-72(2,3)48-29-33-52(34-30-48)77(66-27-17-25-62-70(66)57-21-13-15-23-60(57)74(62,7)8)54-37-38-59-64(44-54)76(50-40-46-39-47(42-50)43-51(76)41-46)65-45-68(55-19-11-12-20-56(55)69(59)65)78(53-35-31-49(32-36-53)73(4,5)6)67-28-18-26-63-71(67)58-22-14-16-24-61(58)75(63,9)10/h11-38,44-47,50-51H,39-43H2,1-10H3. The van der Waals surface area contributed by atoms with Gasteiger partial charge in [0.2, 0.25) is 0 Å². The molecular formula is C76H74N2. The lowest BCUT2D eigenvalue weighted by Gasteiger charge is -2.61. The van der Waals surface area contributed by atoms with Gasteiger partial charge in [-0.1, -0.05) is 197 Å². The van der Waals surface area contributed by atoms with Gasteiger partial charge in [0.25, 0.3) is 0 Å². The van der Waals surface area contributed by atoms with E-state index in [1.54, 1.807) is 11.1 Å². The molecule has 2 nitrogen and oxygen atoms in total. The van der Waals surface area contributed by atoms with Gasteiger partial charge in [-0.3, -0.25) is 0 Å². The van der Waals surface area contributed by atoms with Gasteiger partial charge in [0, 0.05) is 49.8 Å². The molecule has 0 aromatic heterocycles. The highest BCUT2D eigenvalue weighted by Crippen LogP contribution is 2.71. The fraction of sp³-hybridized carbons (Fsp3) is 0.316. The lowest BCUT2D eigenvalue weighted by atomic mass is 9.43. The van der Waals surface area contributed by atoms with E-state index < -0.39 is 0 Å². The van der Waals surface area contributed by atoms with Crippen molar-refractivity contribution in [2.45, 2.75) is 128 Å². The van der Waals surface area contributed by atoms with Crippen molar-refractivity contribution in [1.29, 1.82) is 0 Å². The summed E-state index contributed by atoms with van der Waals surface area (Å²) in [5.74, 6) is 2.77. The molecule has 0 aliphatic heterocycles. The molecule has 388 valence electrons. The Morgan fingerprint density at radius 3 is 1.31 bits per heavy atom. The van der Waals surface area contributed by atoms with Crippen molar-refractivity contribution in [2.24, 2.45) is 23.7 Å². The van der Waals surface area contributed by atoms with Crippen molar-refractivity contribution in [3.8, 4) is 33.4 Å². The summed E-state index contributed by atoms with van der Waals surface area (Å²) in [7, 11) is 0. The molecule has 4 bridgehead atoms. The molecule has 0 amide bonds. The van der Waals surface area contributed by atoms with Gasteiger partial charge in [-0.15, -0.1) is 0 Å². The fourth-order valence-electron chi connectivity index (χ4n) is 17.2. The molecule has 16 rings (SSSR count). The van der Waals surface area contributed by atoms with Gasteiger partial charge in [0.05, 0.1) is 17.1 Å².